The molecule has 23 heavy (non-hydrogen) atoms. The first-order chi connectivity index (χ1) is 10.6. The molecule has 0 radical (unpaired) electrons. The molecule has 1 aliphatic rings. The van der Waals surface area contributed by atoms with Gasteiger partial charge in [-0.05, 0) is 44.6 Å². The van der Waals surface area contributed by atoms with E-state index in [0.717, 1.165) is 43.3 Å². The average Bonchev–Trinajstić information content (AvgIpc) is 3.13. The molecule has 2 rings (SSSR count). The van der Waals surface area contributed by atoms with E-state index in [9.17, 15) is 0 Å². The minimum absolute atomic E-state index is 0. The number of guanidine groups is 1. The van der Waals surface area contributed by atoms with E-state index >= 15 is 0 Å². The molecule has 1 aromatic heterocycles. The minimum atomic E-state index is 0. The largest absolute Gasteiger partial charge is 0.469 e. The maximum Gasteiger partial charge on any atom is 0.191 e. The Morgan fingerprint density at radius 3 is 2.91 bits per heavy atom. The number of aliphatic imine (C=N–C) groups is 1. The predicted molar refractivity (Wildman–Crippen MR) is 111 cm³/mol. The second kappa shape index (κ2) is 10.3. The molecule has 0 amide bonds. The summed E-state index contributed by atoms with van der Waals surface area (Å²) in [5, 5.41) is 6.72. The molecule has 4 nitrogen and oxygen atoms in total. The van der Waals surface area contributed by atoms with E-state index in [1.54, 1.807) is 6.26 Å². The maximum atomic E-state index is 5.35. The number of halogens is 1. The van der Waals surface area contributed by atoms with Gasteiger partial charge in [-0.2, -0.15) is 11.8 Å². The van der Waals surface area contributed by atoms with Crippen molar-refractivity contribution in [2.75, 3.05) is 25.4 Å². The fraction of sp³-hybridized carbons (Fsp3) is 0.588. The van der Waals surface area contributed by atoms with Crippen LogP contribution in [-0.4, -0.2) is 36.1 Å². The van der Waals surface area contributed by atoms with Crippen LogP contribution in [-0.2, 0) is 6.42 Å². The Kier molecular flexibility index (Phi) is 9.12. The van der Waals surface area contributed by atoms with Gasteiger partial charge in [-0.15, -0.1) is 24.0 Å². The van der Waals surface area contributed by atoms with Crippen molar-refractivity contribution in [1.82, 2.24) is 10.6 Å². The lowest BCUT2D eigenvalue weighted by Crippen LogP contribution is -2.40. The van der Waals surface area contributed by atoms with Gasteiger partial charge in [0.15, 0.2) is 5.96 Å². The highest BCUT2D eigenvalue weighted by Crippen LogP contribution is 2.37. The van der Waals surface area contributed by atoms with E-state index in [1.165, 1.54) is 18.6 Å². The van der Waals surface area contributed by atoms with Gasteiger partial charge < -0.3 is 15.1 Å². The van der Waals surface area contributed by atoms with Crippen molar-refractivity contribution < 1.29 is 4.42 Å². The number of rotatable bonds is 7. The lowest BCUT2D eigenvalue weighted by Gasteiger charge is -2.21. The van der Waals surface area contributed by atoms with Crippen LogP contribution in [0.25, 0.3) is 0 Å². The molecule has 6 heteroatoms. The molecular weight excluding hydrogens is 421 g/mol. The highest BCUT2D eigenvalue weighted by molar-refractivity contribution is 14.0. The summed E-state index contributed by atoms with van der Waals surface area (Å²) in [6, 6.07) is 3.91. The summed E-state index contributed by atoms with van der Waals surface area (Å²) in [5.41, 5.74) is 1.10. The SMILES string of the molecule is C=C(C)CNC(=NCC1(C)CCCS1)NCCc1ccco1.I. The van der Waals surface area contributed by atoms with Crippen LogP contribution in [0.3, 0.4) is 0 Å². The molecule has 2 N–H and O–H groups in total. The van der Waals surface area contributed by atoms with Gasteiger partial charge in [0, 0.05) is 24.3 Å². The Balaban J connectivity index is 0.00000264. The normalized spacial score (nSPS) is 20.9. The topological polar surface area (TPSA) is 49.6 Å². The van der Waals surface area contributed by atoms with Crippen LogP contribution in [0.15, 0.2) is 40.0 Å². The van der Waals surface area contributed by atoms with Gasteiger partial charge in [0.05, 0.1) is 12.8 Å². The van der Waals surface area contributed by atoms with E-state index in [2.05, 4.69) is 24.1 Å². The second-order valence-electron chi connectivity index (χ2n) is 6.13. The molecule has 1 aromatic rings. The average molecular weight is 449 g/mol. The van der Waals surface area contributed by atoms with E-state index in [-0.39, 0.29) is 24.0 Å². The predicted octanol–water partition coefficient (Wildman–Crippen LogP) is 3.84. The van der Waals surface area contributed by atoms with Gasteiger partial charge in [0.1, 0.15) is 5.76 Å². The van der Waals surface area contributed by atoms with Gasteiger partial charge in [-0.1, -0.05) is 12.2 Å². The van der Waals surface area contributed by atoms with E-state index in [4.69, 9.17) is 9.41 Å². The molecular formula is C17H28IN3OS. The molecule has 2 heterocycles. The highest BCUT2D eigenvalue weighted by atomic mass is 127. The Bertz CT molecular complexity index is 496. The maximum absolute atomic E-state index is 5.35. The van der Waals surface area contributed by atoms with Crippen LogP contribution in [0, 0.1) is 0 Å². The summed E-state index contributed by atoms with van der Waals surface area (Å²) >= 11 is 2.04. The first kappa shape index (κ1) is 20.4. The Morgan fingerprint density at radius 2 is 2.30 bits per heavy atom. The number of nitrogens with one attached hydrogen (secondary N) is 2. The fourth-order valence-corrected chi connectivity index (χ4v) is 3.60. The Labute approximate surface area is 161 Å². The third-order valence-corrected chi connectivity index (χ3v) is 5.20. The summed E-state index contributed by atoms with van der Waals surface area (Å²) < 4.78 is 5.64. The molecule has 1 unspecified atom stereocenters. The molecule has 1 fully saturated rings. The van der Waals surface area contributed by atoms with Crippen LogP contribution in [0.4, 0.5) is 0 Å². The number of furan rings is 1. The molecule has 130 valence electrons. The van der Waals surface area contributed by atoms with Crippen molar-refractivity contribution in [3.8, 4) is 0 Å². The van der Waals surface area contributed by atoms with E-state index in [0.29, 0.717) is 4.75 Å². The first-order valence-corrected chi connectivity index (χ1v) is 8.89. The summed E-state index contributed by atoms with van der Waals surface area (Å²) in [7, 11) is 0. The van der Waals surface area contributed by atoms with Crippen LogP contribution < -0.4 is 10.6 Å². The molecule has 0 bridgehead atoms. The Hall–Kier alpha value is -0.630. The zero-order chi connectivity index (χ0) is 15.8. The smallest absolute Gasteiger partial charge is 0.191 e. The molecule has 1 saturated heterocycles. The molecule has 0 aliphatic carbocycles. The van der Waals surface area contributed by atoms with Crippen LogP contribution in [0.5, 0.6) is 0 Å². The fourth-order valence-electron chi connectivity index (χ4n) is 2.38. The van der Waals surface area contributed by atoms with Crippen molar-refractivity contribution in [3.63, 3.8) is 0 Å². The van der Waals surface area contributed by atoms with Gasteiger partial charge in [-0.3, -0.25) is 4.99 Å². The standard InChI is InChI=1S/C17H27N3OS.HI/c1-14(2)12-19-16(18-9-7-15-6-4-10-21-15)20-13-17(3)8-5-11-22-17;/h4,6,10H,1,5,7-9,11-13H2,2-3H3,(H2,18,19,20);1H. The second-order valence-corrected chi connectivity index (χ2v) is 7.82. The van der Waals surface area contributed by atoms with Crippen molar-refractivity contribution in [3.05, 3.63) is 36.3 Å². The summed E-state index contributed by atoms with van der Waals surface area (Å²) in [6.07, 6.45) is 5.12. The molecule has 1 atom stereocenters. The first-order valence-electron chi connectivity index (χ1n) is 7.90. The molecule has 0 aromatic carbocycles. The lowest BCUT2D eigenvalue weighted by molar-refractivity contribution is 0.506. The van der Waals surface area contributed by atoms with Gasteiger partial charge in [-0.25, -0.2) is 0 Å². The van der Waals surface area contributed by atoms with Gasteiger partial charge in [0.25, 0.3) is 0 Å². The monoisotopic (exact) mass is 449 g/mol. The van der Waals surface area contributed by atoms with Gasteiger partial charge in [0.2, 0.25) is 0 Å². The summed E-state index contributed by atoms with van der Waals surface area (Å²) in [4.78, 5) is 4.77. The number of hydrogen-bond donors (Lipinski definition) is 2. The third kappa shape index (κ3) is 7.65. The van der Waals surface area contributed by atoms with Crippen molar-refractivity contribution in [2.45, 2.75) is 37.9 Å². The summed E-state index contributed by atoms with van der Waals surface area (Å²) in [5.74, 6) is 3.11. The quantitative estimate of drug-likeness (QED) is 0.288. The zero-order valence-corrected chi connectivity index (χ0v) is 17.2. The molecule has 0 spiro atoms. The minimum Gasteiger partial charge on any atom is -0.469 e. The number of thioether (sulfide) groups is 1. The molecule has 0 saturated carbocycles. The van der Waals surface area contributed by atoms with Crippen LogP contribution in [0.2, 0.25) is 0 Å². The number of nitrogens with zero attached hydrogens (tertiary/aromatic N) is 1. The number of hydrogen-bond acceptors (Lipinski definition) is 3. The lowest BCUT2D eigenvalue weighted by atomic mass is 10.1. The third-order valence-electron chi connectivity index (χ3n) is 3.67. The molecule has 1 aliphatic heterocycles. The Morgan fingerprint density at radius 1 is 1.48 bits per heavy atom. The van der Waals surface area contributed by atoms with Gasteiger partial charge >= 0.3 is 0 Å². The summed E-state index contributed by atoms with van der Waals surface area (Å²) in [6.45, 7) is 10.7. The van der Waals surface area contributed by atoms with E-state index in [1.807, 2.05) is 30.8 Å². The van der Waals surface area contributed by atoms with Crippen molar-refractivity contribution in [1.29, 1.82) is 0 Å². The van der Waals surface area contributed by atoms with Crippen molar-refractivity contribution >= 4 is 41.7 Å². The van der Waals surface area contributed by atoms with Crippen LogP contribution >= 0.6 is 35.7 Å². The zero-order valence-electron chi connectivity index (χ0n) is 14.1. The highest BCUT2D eigenvalue weighted by Gasteiger charge is 2.29. The van der Waals surface area contributed by atoms with Crippen molar-refractivity contribution in [2.24, 2.45) is 4.99 Å². The van der Waals surface area contributed by atoms with Crippen LogP contribution in [0.1, 0.15) is 32.4 Å². The van der Waals surface area contributed by atoms with E-state index < -0.39 is 0 Å².